The summed E-state index contributed by atoms with van der Waals surface area (Å²) in [6, 6.07) is 5.70. The van der Waals surface area contributed by atoms with Gasteiger partial charge in [0.05, 0.1) is 17.9 Å². The SMILES string of the molecule is CNC(=O)c1ccc(N)cc1N(CCO)C1CCCC1. The Morgan fingerprint density at radius 1 is 1.45 bits per heavy atom. The molecule has 2 rings (SSSR count). The zero-order valence-corrected chi connectivity index (χ0v) is 11.9. The van der Waals surface area contributed by atoms with E-state index < -0.39 is 0 Å². The van der Waals surface area contributed by atoms with E-state index in [1.807, 2.05) is 6.07 Å². The lowest BCUT2D eigenvalue weighted by atomic mass is 10.1. The third kappa shape index (κ3) is 3.04. The van der Waals surface area contributed by atoms with Crippen LogP contribution in [0, 0.1) is 0 Å². The first-order valence-corrected chi connectivity index (χ1v) is 7.16. The number of benzene rings is 1. The number of nitrogens with zero attached hydrogens (tertiary/aromatic N) is 1. The van der Waals surface area contributed by atoms with E-state index in [0.29, 0.717) is 23.8 Å². The summed E-state index contributed by atoms with van der Waals surface area (Å²) < 4.78 is 0. The summed E-state index contributed by atoms with van der Waals surface area (Å²) in [4.78, 5) is 14.2. The number of carbonyl (C=O) groups excluding carboxylic acids is 1. The summed E-state index contributed by atoms with van der Waals surface area (Å²) in [7, 11) is 1.62. The van der Waals surface area contributed by atoms with Crippen molar-refractivity contribution in [3.8, 4) is 0 Å². The van der Waals surface area contributed by atoms with E-state index in [9.17, 15) is 9.90 Å². The lowest BCUT2D eigenvalue weighted by Gasteiger charge is -2.32. The largest absolute Gasteiger partial charge is 0.399 e. The van der Waals surface area contributed by atoms with E-state index in [2.05, 4.69) is 10.2 Å². The van der Waals surface area contributed by atoms with Gasteiger partial charge in [0.25, 0.3) is 5.91 Å². The third-order valence-corrected chi connectivity index (χ3v) is 3.91. The molecule has 0 heterocycles. The van der Waals surface area contributed by atoms with Crippen LogP contribution in [0.3, 0.4) is 0 Å². The van der Waals surface area contributed by atoms with Gasteiger partial charge in [-0.1, -0.05) is 12.8 Å². The zero-order chi connectivity index (χ0) is 14.5. The van der Waals surface area contributed by atoms with Gasteiger partial charge in [0.2, 0.25) is 0 Å². The Bertz CT molecular complexity index is 470. The third-order valence-electron chi connectivity index (χ3n) is 3.91. The van der Waals surface area contributed by atoms with Gasteiger partial charge in [0.1, 0.15) is 0 Å². The van der Waals surface area contributed by atoms with Crippen molar-refractivity contribution in [2.24, 2.45) is 0 Å². The van der Waals surface area contributed by atoms with Crippen molar-refractivity contribution in [3.63, 3.8) is 0 Å². The molecule has 4 N–H and O–H groups in total. The normalized spacial score (nSPS) is 15.3. The molecule has 1 aromatic rings. The molecule has 1 saturated carbocycles. The molecule has 0 atom stereocenters. The minimum atomic E-state index is -0.124. The average Bonchev–Trinajstić information content (AvgIpc) is 2.97. The van der Waals surface area contributed by atoms with Crippen LogP contribution in [0.2, 0.25) is 0 Å². The van der Waals surface area contributed by atoms with Gasteiger partial charge in [-0.15, -0.1) is 0 Å². The molecule has 20 heavy (non-hydrogen) atoms. The molecule has 1 aliphatic rings. The molecular formula is C15H23N3O2. The molecule has 0 spiro atoms. The fraction of sp³-hybridized carbons (Fsp3) is 0.533. The first-order chi connectivity index (χ1) is 9.67. The van der Waals surface area contributed by atoms with Gasteiger partial charge in [0, 0.05) is 25.3 Å². The number of aliphatic hydroxyl groups is 1. The number of nitrogen functional groups attached to an aromatic ring is 1. The van der Waals surface area contributed by atoms with Gasteiger partial charge < -0.3 is 21.1 Å². The van der Waals surface area contributed by atoms with Gasteiger partial charge in [-0.3, -0.25) is 4.79 Å². The Kier molecular flexibility index (Phi) is 4.84. The minimum absolute atomic E-state index is 0.0679. The second-order valence-electron chi connectivity index (χ2n) is 5.21. The van der Waals surface area contributed by atoms with Gasteiger partial charge in [-0.05, 0) is 31.0 Å². The van der Waals surface area contributed by atoms with Crippen LogP contribution < -0.4 is 16.0 Å². The van der Waals surface area contributed by atoms with E-state index in [1.54, 1.807) is 19.2 Å². The minimum Gasteiger partial charge on any atom is -0.399 e. The van der Waals surface area contributed by atoms with Crippen molar-refractivity contribution in [3.05, 3.63) is 23.8 Å². The number of rotatable bonds is 5. The molecule has 1 aromatic carbocycles. The van der Waals surface area contributed by atoms with Gasteiger partial charge >= 0.3 is 0 Å². The monoisotopic (exact) mass is 277 g/mol. The van der Waals surface area contributed by atoms with E-state index in [1.165, 1.54) is 12.8 Å². The molecule has 5 nitrogen and oxygen atoms in total. The maximum Gasteiger partial charge on any atom is 0.253 e. The number of anilines is 2. The standard InChI is InChI=1S/C15H23N3O2/c1-17-15(20)13-7-6-11(16)10-14(13)18(8-9-19)12-4-2-3-5-12/h6-7,10,12,19H,2-5,8-9,16H2,1H3,(H,17,20). The number of aliphatic hydroxyl groups excluding tert-OH is 1. The van der Waals surface area contributed by atoms with Crippen LogP contribution >= 0.6 is 0 Å². The van der Waals surface area contributed by atoms with Crippen molar-refractivity contribution < 1.29 is 9.90 Å². The Morgan fingerprint density at radius 2 is 2.15 bits per heavy atom. The van der Waals surface area contributed by atoms with E-state index in [4.69, 9.17) is 5.73 Å². The van der Waals surface area contributed by atoms with Crippen LogP contribution in [-0.2, 0) is 0 Å². The number of amides is 1. The molecule has 110 valence electrons. The van der Waals surface area contributed by atoms with Gasteiger partial charge in [0.15, 0.2) is 0 Å². The molecule has 0 radical (unpaired) electrons. The molecule has 1 fully saturated rings. The van der Waals surface area contributed by atoms with Crippen LogP contribution in [0.4, 0.5) is 11.4 Å². The highest BCUT2D eigenvalue weighted by molar-refractivity contribution is 6.00. The van der Waals surface area contributed by atoms with Crippen LogP contribution in [0.15, 0.2) is 18.2 Å². The van der Waals surface area contributed by atoms with Gasteiger partial charge in [-0.25, -0.2) is 0 Å². The number of hydrogen-bond acceptors (Lipinski definition) is 4. The Hall–Kier alpha value is -1.75. The highest BCUT2D eigenvalue weighted by Crippen LogP contribution is 2.31. The Morgan fingerprint density at radius 3 is 2.75 bits per heavy atom. The quantitative estimate of drug-likeness (QED) is 0.710. The van der Waals surface area contributed by atoms with Crippen molar-refractivity contribution in [2.45, 2.75) is 31.7 Å². The smallest absolute Gasteiger partial charge is 0.253 e. The molecule has 0 aromatic heterocycles. The molecular weight excluding hydrogens is 254 g/mol. The van der Waals surface area contributed by atoms with Gasteiger partial charge in [-0.2, -0.15) is 0 Å². The molecule has 1 aliphatic carbocycles. The highest BCUT2D eigenvalue weighted by Gasteiger charge is 2.25. The maximum absolute atomic E-state index is 12.0. The zero-order valence-electron chi connectivity index (χ0n) is 11.9. The molecule has 0 aliphatic heterocycles. The van der Waals surface area contributed by atoms with E-state index in [0.717, 1.165) is 18.5 Å². The van der Waals surface area contributed by atoms with Crippen LogP contribution in [-0.4, -0.2) is 37.3 Å². The first-order valence-electron chi connectivity index (χ1n) is 7.16. The average molecular weight is 277 g/mol. The number of nitrogens with one attached hydrogen (secondary N) is 1. The molecule has 5 heteroatoms. The van der Waals surface area contributed by atoms with E-state index in [-0.39, 0.29) is 12.5 Å². The number of carbonyl (C=O) groups is 1. The lowest BCUT2D eigenvalue weighted by molar-refractivity contribution is 0.0963. The number of nitrogens with two attached hydrogens (primary N) is 1. The first kappa shape index (κ1) is 14.7. The summed E-state index contributed by atoms with van der Waals surface area (Å²) in [6.45, 7) is 0.594. The fourth-order valence-electron chi connectivity index (χ4n) is 2.94. The topological polar surface area (TPSA) is 78.6 Å². The second kappa shape index (κ2) is 6.61. The summed E-state index contributed by atoms with van der Waals surface area (Å²) in [5, 5.41) is 12.0. The van der Waals surface area contributed by atoms with Crippen molar-refractivity contribution in [1.29, 1.82) is 0 Å². The summed E-state index contributed by atoms with van der Waals surface area (Å²) >= 11 is 0. The van der Waals surface area contributed by atoms with Crippen LogP contribution in [0.5, 0.6) is 0 Å². The summed E-state index contributed by atoms with van der Waals surface area (Å²) in [6.07, 6.45) is 4.60. The highest BCUT2D eigenvalue weighted by atomic mass is 16.3. The second-order valence-corrected chi connectivity index (χ2v) is 5.21. The maximum atomic E-state index is 12.0. The number of hydrogen-bond donors (Lipinski definition) is 3. The molecule has 0 unspecified atom stereocenters. The van der Waals surface area contributed by atoms with Crippen molar-refractivity contribution in [1.82, 2.24) is 5.32 Å². The Labute approximate surface area is 119 Å². The van der Waals surface area contributed by atoms with E-state index >= 15 is 0 Å². The predicted molar refractivity (Wildman–Crippen MR) is 80.9 cm³/mol. The summed E-state index contributed by atoms with van der Waals surface area (Å²) in [5.41, 5.74) is 7.95. The van der Waals surface area contributed by atoms with Crippen molar-refractivity contribution in [2.75, 3.05) is 30.8 Å². The molecule has 1 amide bonds. The fourth-order valence-corrected chi connectivity index (χ4v) is 2.94. The van der Waals surface area contributed by atoms with Crippen LogP contribution in [0.25, 0.3) is 0 Å². The molecule has 0 bridgehead atoms. The van der Waals surface area contributed by atoms with Crippen molar-refractivity contribution >= 4 is 17.3 Å². The predicted octanol–water partition coefficient (Wildman–Crippen LogP) is 1.37. The lowest BCUT2D eigenvalue weighted by Crippen LogP contribution is -2.37. The summed E-state index contributed by atoms with van der Waals surface area (Å²) in [5.74, 6) is -0.124. The van der Waals surface area contributed by atoms with Crippen LogP contribution in [0.1, 0.15) is 36.0 Å². The molecule has 0 saturated heterocycles. The Balaban J connectivity index is 2.39.